The van der Waals surface area contributed by atoms with Gasteiger partial charge in [-0.1, -0.05) is 29.7 Å². The van der Waals surface area contributed by atoms with Crippen molar-refractivity contribution in [3.05, 3.63) is 58.7 Å². The molecule has 46 heavy (non-hydrogen) atoms. The molecule has 0 amide bonds. The number of esters is 1. The molecule has 6 N–H and O–H groups in total. The molecule has 0 radical (unpaired) electrons. The topological polar surface area (TPSA) is 180 Å². The maximum absolute atomic E-state index is 13.9. The van der Waals surface area contributed by atoms with Crippen LogP contribution in [0.1, 0.15) is 22.8 Å². The van der Waals surface area contributed by atoms with Gasteiger partial charge in [0, 0.05) is 16.5 Å². The number of aliphatic hydroxyl groups is 4. The maximum atomic E-state index is 13.9. The van der Waals surface area contributed by atoms with Crippen molar-refractivity contribution in [2.24, 2.45) is 0 Å². The number of allylic oxidation sites excluding steroid dienone is 1. The summed E-state index contributed by atoms with van der Waals surface area (Å²) in [5, 5.41) is 56.1. The Morgan fingerprint density at radius 3 is 2.70 bits per heavy atom. The van der Waals surface area contributed by atoms with E-state index < -0.39 is 73.2 Å². The first-order chi connectivity index (χ1) is 22.0. The molecule has 242 valence electrons. The zero-order valence-electron chi connectivity index (χ0n) is 25.6. The molecular formula is C34H35NO11. The molecule has 2 aliphatic heterocycles. The number of carbonyl (C=O) groups excluding carboxylic acids is 1. The Hall–Kier alpha value is -3.95. The summed E-state index contributed by atoms with van der Waals surface area (Å²) < 4.78 is 29.4. The standard InChI is InChI=1S/C34H35NO11/c1-16-12-19(42-4)14-22-20(16)8-9-23(37)27(22)32(41)44-24-13-18-10-11-34(25(38)15-36)26(46-34)7-5-6-21(18)31(24)45-33-28(35-3)30(40)29(39)17(2)43-33/h6,8-9,12-14,17,24-26,28-31,33,35-40H,15H2,1-4H3/b21-6+/t17-,24?,25?,26?,28-,29+,30-,31?,33-,34?/m1/s1. The molecule has 2 heterocycles. The number of epoxide rings is 1. The summed E-state index contributed by atoms with van der Waals surface area (Å²) in [6.45, 7) is 2.87. The van der Waals surface area contributed by atoms with E-state index in [1.807, 2.05) is 13.0 Å². The Labute approximate surface area is 265 Å². The molecule has 0 aromatic heterocycles. The first kappa shape index (κ1) is 32.0. The summed E-state index contributed by atoms with van der Waals surface area (Å²) in [5.74, 6) is 11.0. The zero-order chi connectivity index (χ0) is 32.9. The summed E-state index contributed by atoms with van der Waals surface area (Å²) in [7, 11) is 3.09. The lowest BCUT2D eigenvalue weighted by atomic mass is 9.97. The van der Waals surface area contributed by atoms with Crippen LogP contribution in [-0.4, -0.2) is 113 Å². The number of methoxy groups -OCH3 is 1. The van der Waals surface area contributed by atoms with Crippen molar-refractivity contribution in [3.8, 4) is 35.2 Å². The summed E-state index contributed by atoms with van der Waals surface area (Å²) in [6.07, 6.45) is -5.43. The van der Waals surface area contributed by atoms with E-state index in [4.69, 9.17) is 23.7 Å². The zero-order valence-corrected chi connectivity index (χ0v) is 25.6. The second-order valence-corrected chi connectivity index (χ2v) is 11.6. The highest BCUT2D eigenvalue weighted by Gasteiger charge is 2.60. The number of benzene rings is 2. The predicted molar refractivity (Wildman–Crippen MR) is 163 cm³/mol. The fraction of sp³-hybridized carbons (Fsp3) is 0.441. The third-order valence-electron chi connectivity index (χ3n) is 8.83. The van der Waals surface area contributed by atoms with Crippen LogP contribution in [0.4, 0.5) is 0 Å². The summed E-state index contributed by atoms with van der Waals surface area (Å²) >= 11 is 0. The average molecular weight is 634 g/mol. The van der Waals surface area contributed by atoms with E-state index in [9.17, 15) is 30.3 Å². The van der Waals surface area contributed by atoms with Gasteiger partial charge in [-0.25, -0.2) is 4.79 Å². The monoisotopic (exact) mass is 633 g/mol. The number of aryl methyl sites for hydroxylation is 1. The number of phenolic OH excluding ortho intramolecular Hbond substituents is 1. The number of aromatic hydroxyl groups is 1. The smallest absolute Gasteiger partial charge is 0.343 e. The van der Waals surface area contributed by atoms with E-state index in [0.717, 1.165) is 5.56 Å². The minimum absolute atomic E-state index is 0.0777. The predicted octanol–water partition coefficient (Wildman–Crippen LogP) is 0.205. The van der Waals surface area contributed by atoms with Crippen LogP contribution in [0.25, 0.3) is 10.8 Å². The first-order valence-electron chi connectivity index (χ1n) is 14.8. The van der Waals surface area contributed by atoms with E-state index in [0.29, 0.717) is 27.7 Å². The second kappa shape index (κ2) is 12.3. The molecule has 0 bridgehead atoms. The minimum Gasteiger partial charge on any atom is -0.507 e. The van der Waals surface area contributed by atoms with E-state index in [1.165, 1.54) is 19.3 Å². The van der Waals surface area contributed by atoms with Crippen molar-refractivity contribution in [2.45, 2.75) is 74.5 Å². The van der Waals surface area contributed by atoms with E-state index >= 15 is 0 Å². The highest BCUT2D eigenvalue weighted by atomic mass is 16.7. The fourth-order valence-electron chi connectivity index (χ4n) is 6.11. The Bertz CT molecular complexity index is 1750. The summed E-state index contributed by atoms with van der Waals surface area (Å²) in [6, 6.07) is 5.71. The third-order valence-corrected chi connectivity index (χ3v) is 8.83. The van der Waals surface area contributed by atoms with Crippen LogP contribution < -0.4 is 10.1 Å². The third kappa shape index (κ3) is 5.43. The molecule has 0 spiro atoms. The number of aliphatic hydroxyl groups excluding tert-OH is 4. The normalized spacial score (nSPS) is 34.4. The number of ether oxygens (including phenoxy) is 5. The van der Waals surface area contributed by atoms with Crippen molar-refractivity contribution < 1.29 is 54.0 Å². The highest BCUT2D eigenvalue weighted by Crippen LogP contribution is 2.41. The van der Waals surface area contributed by atoms with E-state index in [1.54, 1.807) is 32.2 Å². The lowest BCUT2D eigenvalue weighted by Gasteiger charge is -2.42. The molecule has 6 rings (SSSR count). The van der Waals surface area contributed by atoms with Gasteiger partial charge < -0.3 is 54.5 Å². The van der Waals surface area contributed by atoms with Gasteiger partial charge in [-0.2, -0.15) is 0 Å². The van der Waals surface area contributed by atoms with Gasteiger partial charge in [-0.15, -0.1) is 0 Å². The van der Waals surface area contributed by atoms with Crippen LogP contribution in [-0.2, 0) is 18.9 Å². The van der Waals surface area contributed by atoms with Crippen LogP contribution >= 0.6 is 0 Å². The number of rotatable bonds is 8. The molecule has 2 aromatic rings. The van der Waals surface area contributed by atoms with Gasteiger partial charge in [0.1, 0.15) is 41.5 Å². The van der Waals surface area contributed by atoms with Crippen molar-refractivity contribution in [2.75, 3.05) is 20.8 Å². The fourth-order valence-corrected chi connectivity index (χ4v) is 6.11. The molecule has 0 saturated carbocycles. The average Bonchev–Trinajstić information content (AvgIpc) is 3.64. The Balaban J connectivity index is 1.40. The Morgan fingerprint density at radius 2 is 1.98 bits per heavy atom. The van der Waals surface area contributed by atoms with Gasteiger partial charge in [-0.05, 0) is 62.2 Å². The van der Waals surface area contributed by atoms with E-state index in [-0.39, 0.29) is 11.3 Å². The summed E-state index contributed by atoms with van der Waals surface area (Å²) in [4.78, 5) is 13.9. The number of likely N-dealkylation sites (N-methyl/N-ethyl adjacent to an activating group) is 1. The molecule has 4 aliphatic rings. The maximum Gasteiger partial charge on any atom is 0.343 e. The number of carbonyl (C=O) groups is 1. The Kier molecular flexibility index (Phi) is 8.59. The molecule has 2 aromatic carbocycles. The molecule has 5 unspecified atom stereocenters. The van der Waals surface area contributed by atoms with E-state index in [2.05, 4.69) is 29.0 Å². The van der Waals surface area contributed by atoms with Gasteiger partial charge in [0.25, 0.3) is 0 Å². The van der Waals surface area contributed by atoms with Crippen molar-refractivity contribution in [1.82, 2.24) is 5.32 Å². The van der Waals surface area contributed by atoms with Gasteiger partial charge >= 0.3 is 5.97 Å². The second-order valence-electron chi connectivity index (χ2n) is 11.6. The molecule has 2 fully saturated rings. The van der Waals surface area contributed by atoms with Gasteiger partial charge in [0.05, 0.1) is 25.9 Å². The molecule has 2 aliphatic carbocycles. The summed E-state index contributed by atoms with van der Waals surface area (Å²) in [5.41, 5.74) is 0.151. The largest absolute Gasteiger partial charge is 0.507 e. The quantitative estimate of drug-likeness (QED) is 0.132. The van der Waals surface area contributed by atoms with Crippen LogP contribution in [0.3, 0.4) is 0 Å². The lowest BCUT2D eigenvalue weighted by molar-refractivity contribution is -0.273. The van der Waals surface area contributed by atoms with Crippen molar-refractivity contribution in [1.29, 1.82) is 0 Å². The van der Waals surface area contributed by atoms with Crippen molar-refractivity contribution in [3.63, 3.8) is 0 Å². The van der Waals surface area contributed by atoms with Gasteiger partial charge in [-0.3, -0.25) is 0 Å². The number of fused-ring (bicyclic) bond motifs is 3. The Morgan fingerprint density at radius 1 is 1.20 bits per heavy atom. The van der Waals surface area contributed by atoms with Crippen LogP contribution in [0.2, 0.25) is 0 Å². The SMILES string of the molecule is CN[C@H]1[C@@H](OC2/C3=C/C#CC4OC4(C(O)CO)C#CC3=CC2OC(=O)c2c(O)ccc3c(C)cc(OC)cc23)O[C@H](C)[C@H](O)[C@@H]1O. The van der Waals surface area contributed by atoms with Crippen LogP contribution in [0, 0.1) is 30.6 Å². The molecular weight excluding hydrogens is 598 g/mol. The molecule has 12 nitrogen and oxygen atoms in total. The molecule has 10 atom stereocenters. The first-order valence-corrected chi connectivity index (χ1v) is 14.8. The minimum atomic E-state index is -1.39. The lowest BCUT2D eigenvalue weighted by Crippen LogP contribution is -2.62. The van der Waals surface area contributed by atoms with Crippen LogP contribution in [0.5, 0.6) is 11.5 Å². The molecule has 2 saturated heterocycles. The van der Waals surface area contributed by atoms with Gasteiger partial charge in [0.2, 0.25) is 0 Å². The van der Waals surface area contributed by atoms with Crippen LogP contribution in [0.15, 0.2) is 47.6 Å². The molecule has 12 heteroatoms. The highest BCUT2D eigenvalue weighted by molar-refractivity contribution is 6.08. The number of nitrogens with one attached hydrogen (secondary N) is 1. The van der Waals surface area contributed by atoms with Crippen molar-refractivity contribution >= 4 is 16.7 Å². The van der Waals surface area contributed by atoms with Gasteiger partial charge in [0.15, 0.2) is 24.1 Å². The number of hydrogen-bond donors (Lipinski definition) is 6. The number of phenols is 1. The number of hydrogen-bond acceptors (Lipinski definition) is 12.